The van der Waals surface area contributed by atoms with Gasteiger partial charge in [-0.25, -0.2) is 14.8 Å². The highest BCUT2D eigenvalue weighted by atomic mass is 35.5. The molecule has 0 fully saturated rings. The lowest BCUT2D eigenvalue weighted by molar-refractivity contribution is 0.0702. The zero-order valence-corrected chi connectivity index (χ0v) is 19.4. The van der Waals surface area contributed by atoms with Crippen LogP contribution in [-0.2, 0) is 6.42 Å². The molecule has 35 heavy (non-hydrogen) atoms. The van der Waals surface area contributed by atoms with Crippen LogP contribution in [0.15, 0.2) is 53.7 Å². The van der Waals surface area contributed by atoms with Crippen molar-refractivity contribution >= 4 is 28.9 Å². The fraction of sp³-hybridized carbons (Fsp3) is 0.136. The quantitative estimate of drug-likeness (QED) is 0.369. The number of nitrogens with zero attached hydrogens (tertiary/aromatic N) is 7. The van der Waals surface area contributed by atoms with Crippen molar-refractivity contribution in [1.29, 1.82) is 0 Å². The minimum Gasteiger partial charge on any atom is -0.477 e. The summed E-state index contributed by atoms with van der Waals surface area (Å²) in [4.78, 5) is 38.0. The second-order valence-corrected chi connectivity index (χ2v) is 9.41. The molecule has 0 radical (unpaired) electrons. The summed E-state index contributed by atoms with van der Waals surface area (Å²) >= 11 is 7.41. The first-order chi connectivity index (χ1) is 17.0. The summed E-state index contributed by atoms with van der Waals surface area (Å²) in [5.74, 6) is 0.294. The van der Waals surface area contributed by atoms with E-state index in [2.05, 4.69) is 25.5 Å². The zero-order valence-electron chi connectivity index (χ0n) is 17.8. The molecule has 0 aliphatic carbocycles. The third-order valence-corrected chi connectivity index (χ3v) is 7.14. The molecule has 11 nitrogen and oxygen atoms in total. The summed E-state index contributed by atoms with van der Waals surface area (Å²) in [7, 11) is 0. The lowest BCUT2D eigenvalue weighted by atomic mass is 10.1. The maximum absolute atomic E-state index is 13.3. The van der Waals surface area contributed by atoms with Crippen LogP contribution < -0.4 is 5.56 Å². The van der Waals surface area contributed by atoms with E-state index in [4.69, 9.17) is 16.6 Å². The molecule has 1 aliphatic rings. The summed E-state index contributed by atoms with van der Waals surface area (Å²) < 4.78 is 3.14. The molecule has 0 saturated carbocycles. The summed E-state index contributed by atoms with van der Waals surface area (Å²) in [6.45, 7) is 0. The van der Waals surface area contributed by atoms with Crippen molar-refractivity contribution in [2.24, 2.45) is 0 Å². The van der Waals surface area contributed by atoms with Gasteiger partial charge in [-0.15, -0.1) is 16.4 Å². The van der Waals surface area contributed by atoms with E-state index < -0.39 is 5.97 Å². The Kier molecular flexibility index (Phi) is 5.04. The highest BCUT2D eigenvalue weighted by Gasteiger charge is 2.29. The minimum absolute atomic E-state index is 0.211. The van der Waals surface area contributed by atoms with Gasteiger partial charge in [0.25, 0.3) is 5.56 Å². The number of fused-ring (bicyclic) bond motifs is 1. The summed E-state index contributed by atoms with van der Waals surface area (Å²) in [6, 6.07) is 9.70. The molecule has 1 atom stereocenters. The van der Waals surface area contributed by atoms with E-state index in [1.807, 2.05) is 0 Å². The smallest absolute Gasteiger partial charge is 0.345 e. The van der Waals surface area contributed by atoms with Gasteiger partial charge < -0.3 is 10.1 Å². The molecule has 5 heterocycles. The van der Waals surface area contributed by atoms with Crippen LogP contribution in [0.4, 0.5) is 0 Å². The van der Waals surface area contributed by atoms with Crippen molar-refractivity contribution in [2.45, 2.75) is 18.9 Å². The number of hydrogen-bond donors (Lipinski definition) is 2. The number of thiophene rings is 1. The maximum Gasteiger partial charge on any atom is 0.345 e. The van der Waals surface area contributed by atoms with E-state index in [0.717, 1.165) is 16.2 Å². The van der Waals surface area contributed by atoms with Crippen LogP contribution in [-0.4, -0.2) is 50.8 Å². The van der Waals surface area contributed by atoms with Gasteiger partial charge in [-0.1, -0.05) is 11.6 Å². The number of carboxylic acids is 1. The topological polar surface area (TPSA) is 144 Å². The molecule has 1 aromatic carbocycles. The molecule has 0 spiro atoms. The van der Waals surface area contributed by atoms with E-state index in [1.54, 1.807) is 41.1 Å². The highest BCUT2D eigenvalue weighted by molar-refractivity contribution is 7.17. The first kappa shape index (κ1) is 21.4. The number of imidazole rings is 1. The largest absolute Gasteiger partial charge is 0.477 e. The van der Waals surface area contributed by atoms with Crippen molar-refractivity contribution in [1.82, 2.24) is 39.7 Å². The Morgan fingerprint density at radius 2 is 2.11 bits per heavy atom. The van der Waals surface area contributed by atoms with E-state index in [9.17, 15) is 14.7 Å². The molecule has 6 rings (SSSR count). The lowest BCUT2D eigenvalue weighted by Gasteiger charge is -2.14. The average molecular weight is 507 g/mol. The van der Waals surface area contributed by atoms with Crippen LogP contribution in [0.3, 0.4) is 0 Å². The Balaban J connectivity index is 1.37. The molecule has 0 saturated heterocycles. The standard InChI is InChI=1S/C22H15ClN8O3S/c23-11-1-2-15(30-10-25-28-29-30)12(7-11)13-8-20(32)31-16(3-6-19(31)26-13)21-24-9-14(27-21)17-4-5-18(35-17)22(33)34/h1-2,4-5,7-10,16H,3,6H2,(H,24,27)(H,33,34)/t16-/m0/s1. The molecule has 13 heteroatoms. The number of aromatic nitrogens is 8. The minimum atomic E-state index is -0.970. The monoisotopic (exact) mass is 506 g/mol. The van der Waals surface area contributed by atoms with Crippen molar-refractivity contribution in [3.05, 3.63) is 80.8 Å². The third kappa shape index (κ3) is 3.72. The predicted molar refractivity (Wildman–Crippen MR) is 127 cm³/mol. The third-order valence-electron chi connectivity index (χ3n) is 5.80. The number of nitrogens with one attached hydrogen (secondary N) is 1. The number of carbonyl (C=O) groups is 1. The number of halogens is 1. The van der Waals surface area contributed by atoms with Gasteiger partial charge >= 0.3 is 5.97 Å². The SMILES string of the molecule is O=C(O)c1ccc(-c2cnc([C@@H]3CCc4nc(-c5cc(Cl)ccc5-n5cnnn5)cc(=O)n43)[nH]2)s1. The average Bonchev–Trinajstić information content (AvgIpc) is 3.64. The number of rotatable bonds is 5. The number of hydrogen-bond acceptors (Lipinski definition) is 8. The van der Waals surface area contributed by atoms with Crippen LogP contribution in [0.5, 0.6) is 0 Å². The Labute approximate surface area is 205 Å². The van der Waals surface area contributed by atoms with Gasteiger partial charge in [0, 0.05) is 23.1 Å². The normalized spacial score (nSPS) is 14.8. The molecule has 174 valence electrons. The first-order valence-electron chi connectivity index (χ1n) is 10.5. The van der Waals surface area contributed by atoms with Crippen LogP contribution in [0.2, 0.25) is 5.02 Å². The Morgan fingerprint density at radius 1 is 1.23 bits per heavy atom. The van der Waals surface area contributed by atoms with Gasteiger partial charge in [0.2, 0.25) is 0 Å². The van der Waals surface area contributed by atoms with E-state index in [1.165, 1.54) is 17.1 Å². The number of carboxylic acid groups (broad SMARTS) is 1. The molecule has 1 aliphatic heterocycles. The van der Waals surface area contributed by atoms with Gasteiger partial charge in [0.05, 0.1) is 34.2 Å². The summed E-state index contributed by atoms with van der Waals surface area (Å²) in [5.41, 5.74) is 2.26. The summed E-state index contributed by atoms with van der Waals surface area (Å²) in [6.07, 6.45) is 4.36. The first-order valence-corrected chi connectivity index (χ1v) is 11.7. The second-order valence-electron chi connectivity index (χ2n) is 7.89. The zero-order chi connectivity index (χ0) is 24.1. The number of tetrazole rings is 1. The number of aryl methyl sites for hydroxylation is 1. The Bertz CT molecular complexity index is 1640. The van der Waals surface area contributed by atoms with Crippen molar-refractivity contribution in [3.63, 3.8) is 0 Å². The van der Waals surface area contributed by atoms with E-state index in [-0.39, 0.29) is 16.5 Å². The van der Waals surface area contributed by atoms with Gasteiger partial charge in [-0.05, 0) is 47.2 Å². The fourth-order valence-electron chi connectivity index (χ4n) is 4.25. The van der Waals surface area contributed by atoms with Gasteiger partial charge in [-0.3, -0.25) is 9.36 Å². The molecule has 2 N–H and O–H groups in total. The number of aromatic amines is 1. The van der Waals surface area contributed by atoms with Crippen molar-refractivity contribution in [2.75, 3.05) is 0 Å². The molecular weight excluding hydrogens is 492 g/mol. The van der Waals surface area contributed by atoms with Crippen LogP contribution in [0.1, 0.15) is 33.8 Å². The van der Waals surface area contributed by atoms with Crippen LogP contribution in [0.25, 0.3) is 27.5 Å². The molecule has 5 aromatic rings. The Hall–Kier alpha value is -4.16. The van der Waals surface area contributed by atoms with Gasteiger partial charge in [0.15, 0.2) is 0 Å². The lowest BCUT2D eigenvalue weighted by Crippen LogP contribution is -2.25. The second kappa shape index (κ2) is 8.25. The molecular formula is C22H15ClN8O3S. The molecule has 0 amide bonds. The number of H-pyrrole nitrogens is 1. The van der Waals surface area contributed by atoms with Crippen LogP contribution in [0, 0.1) is 0 Å². The van der Waals surface area contributed by atoms with Crippen molar-refractivity contribution < 1.29 is 9.90 Å². The van der Waals surface area contributed by atoms with Crippen LogP contribution >= 0.6 is 22.9 Å². The highest BCUT2D eigenvalue weighted by Crippen LogP contribution is 2.33. The van der Waals surface area contributed by atoms with Crippen molar-refractivity contribution in [3.8, 4) is 27.5 Å². The van der Waals surface area contributed by atoms with E-state index >= 15 is 0 Å². The maximum atomic E-state index is 13.3. The Morgan fingerprint density at radius 3 is 2.89 bits per heavy atom. The summed E-state index contributed by atoms with van der Waals surface area (Å²) in [5, 5.41) is 21.0. The van der Waals surface area contributed by atoms with Gasteiger partial charge in [0.1, 0.15) is 22.9 Å². The molecule has 4 aromatic heterocycles. The molecule has 0 unspecified atom stereocenters. The number of benzene rings is 1. The number of aromatic carboxylic acids is 1. The fourth-order valence-corrected chi connectivity index (χ4v) is 5.24. The van der Waals surface area contributed by atoms with Gasteiger partial charge in [-0.2, -0.15) is 4.68 Å². The van der Waals surface area contributed by atoms with E-state index in [0.29, 0.717) is 52.2 Å². The predicted octanol–water partition coefficient (Wildman–Crippen LogP) is 3.22. The molecule has 0 bridgehead atoms.